The van der Waals surface area contributed by atoms with Gasteiger partial charge in [-0.3, -0.25) is 9.48 Å². The summed E-state index contributed by atoms with van der Waals surface area (Å²) in [6, 6.07) is 1.84. The van der Waals surface area contributed by atoms with E-state index in [1.807, 2.05) is 6.07 Å². The summed E-state index contributed by atoms with van der Waals surface area (Å²) in [6.07, 6.45) is 6.83. The molecular weight excluding hydrogens is 446 g/mol. The van der Waals surface area contributed by atoms with Gasteiger partial charge in [-0.15, -0.1) is 4.52 Å². The number of hydrogen-bond donors (Lipinski definition) is 2. The van der Waals surface area contributed by atoms with E-state index in [9.17, 15) is 18.7 Å². The third-order valence-electron chi connectivity index (χ3n) is 7.11. The van der Waals surface area contributed by atoms with E-state index in [1.165, 1.54) is 10.9 Å². The summed E-state index contributed by atoms with van der Waals surface area (Å²) in [5.41, 5.74) is 6.76. The topological polar surface area (TPSA) is 112 Å². The highest BCUT2D eigenvalue weighted by Gasteiger charge is 2.31. The van der Waals surface area contributed by atoms with E-state index in [1.54, 1.807) is 21.6 Å². The maximum atomic E-state index is 14.0. The third kappa shape index (κ3) is 4.18. The molecule has 1 aliphatic heterocycles. The van der Waals surface area contributed by atoms with Crippen molar-refractivity contribution in [2.24, 2.45) is 11.7 Å². The summed E-state index contributed by atoms with van der Waals surface area (Å²) in [5, 5.41) is 13.6. The summed E-state index contributed by atoms with van der Waals surface area (Å²) < 4.78 is 38.1. The number of hydrogen-bond acceptors (Lipinski definition) is 5. The predicted molar refractivity (Wildman–Crippen MR) is 117 cm³/mol. The Bertz CT molecular complexity index is 1180. The normalized spacial score (nSPS) is 22.0. The molecule has 1 aliphatic carbocycles. The summed E-state index contributed by atoms with van der Waals surface area (Å²) in [6.45, 7) is 1.45. The predicted octanol–water partition coefficient (Wildman–Crippen LogP) is 2.46. The van der Waals surface area contributed by atoms with Gasteiger partial charge in [0.05, 0.1) is 18.4 Å². The van der Waals surface area contributed by atoms with E-state index in [-0.39, 0.29) is 41.4 Å². The van der Waals surface area contributed by atoms with Gasteiger partial charge in [-0.1, -0.05) is 0 Å². The molecule has 0 aromatic carbocycles. The van der Waals surface area contributed by atoms with Gasteiger partial charge in [0.1, 0.15) is 11.9 Å². The maximum Gasteiger partial charge on any atom is 0.361 e. The van der Waals surface area contributed by atoms with Gasteiger partial charge in [0.2, 0.25) is 0 Å². The first kappa shape index (κ1) is 22.9. The molecule has 3 N–H and O–H groups in total. The van der Waals surface area contributed by atoms with Crippen molar-refractivity contribution < 1.29 is 27.9 Å². The van der Waals surface area contributed by atoms with E-state index in [4.69, 9.17) is 15.5 Å². The van der Waals surface area contributed by atoms with Crippen molar-refractivity contribution in [3.63, 3.8) is 0 Å². The number of halogens is 2. The molecule has 2 aliphatic rings. The minimum atomic E-state index is -2.80. The van der Waals surface area contributed by atoms with Crippen LogP contribution in [0.5, 0.6) is 0 Å². The summed E-state index contributed by atoms with van der Waals surface area (Å²) in [5.74, 6) is -0.226. The van der Waals surface area contributed by atoms with Crippen LogP contribution < -0.4 is 10.2 Å². The van der Waals surface area contributed by atoms with E-state index < -0.39 is 12.3 Å². The number of carbonyl (C=O) groups excluding carboxylic acids is 1. The number of alkyl halides is 2. The first-order valence-electron chi connectivity index (χ1n) is 11.8. The smallest absolute Gasteiger partial charge is 0.361 e. The zero-order chi connectivity index (χ0) is 23.8. The van der Waals surface area contributed by atoms with Crippen LogP contribution in [-0.4, -0.2) is 50.3 Å². The highest BCUT2D eigenvalue weighted by molar-refractivity contribution is 5.97. The van der Waals surface area contributed by atoms with Crippen molar-refractivity contribution in [1.29, 1.82) is 0 Å². The lowest BCUT2D eigenvalue weighted by molar-refractivity contribution is -0.600. The molecule has 1 saturated carbocycles. The van der Waals surface area contributed by atoms with Gasteiger partial charge in [0.25, 0.3) is 12.3 Å². The zero-order valence-corrected chi connectivity index (χ0v) is 18.8. The number of nitrogens with two attached hydrogens (primary N) is 1. The Hall–Kier alpha value is -2.92. The summed E-state index contributed by atoms with van der Waals surface area (Å²) >= 11 is 0. The lowest BCUT2D eigenvalue weighted by Gasteiger charge is -2.27. The van der Waals surface area contributed by atoms with Crippen LogP contribution in [0.15, 0.2) is 24.7 Å². The molecule has 1 amide bonds. The zero-order valence-electron chi connectivity index (χ0n) is 18.8. The van der Waals surface area contributed by atoms with Crippen LogP contribution >= 0.6 is 0 Å². The number of aromatic nitrogens is 5. The lowest BCUT2D eigenvalue weighted by Crippen LogP contribution is -2.33. The van der Waals surface area contributed by atoms with Crippen LogP contribution in [0.25, 0.3) is 11.3 Å². The molecule has 4 heterocycles. The first-order chi connectivity index (χ1) is 16.5. The molecule has 0 bridgehead atoms. The Morgan fingerprint density at radius 2 is 1.94 bits per heavy atom. The lowest BCUT2D eigenvalue weighted by atomic mass is 9.87. The second-order valence-corrected chi connectivity index (χ2v) is 9.20. The van der Waals surface area contributed by atoms with Crippen molar-refractivity contribution >= 4 is 11.6 Å². The van der Waals surface area contributed by atoms with E-state index >= 15 is 0 Å². The quantitative estimate of drug-likeness (QED) is 0.532. The van der Waals surface area contributed by atoms with Gasteiger partial charge in [-0.05, 0) is 49.4 Å². The average molecular weight is 476 g/mol. The highest BCUT2D eigenvalue weighted by atomic mass is 19.3. The molecular formula is C23H29F2N6O3+. The Kier molecular flexibility index (Phi) is 6.30. The molecule has 34 heavy (non-hydrogen) atoms. The second-order valence-electron chi connectivity index (χ2n) is 9.20. The minimum absolute atomic E-state index is 0.0188. The number of primary amides is 1. The van der Waals surface area contributed by atoms with Crippen LogP contribution in [0, 0.1) is 5.92 Å². The van der Waals surface area contributed by atoms with Gasteiger partial charge >= 0.3 is 5.65 Å². The molecule has 5 rings (SSSR count). The van der Waals surface area contributed by atoms with Gasteiger partial charge in [-0.2, -0.15) is 9.78 Å². The van der Waals surface area contributed by atoms with Crippen molar-refractivity contribution in [3.8, 4) is 5.69 Å². The van der Waals surface area contributed by atoms with Crippen LogP contribution in [0.3, 0.4) is 0 Å². The molecule has 3 aromatic heterocycles. The fourth-order valence-corrected chi connectivity index (χ4v) is 5.12. The van der Waals surface area contributed by atoms with Gasteiger partial charge in [0, 0.05) is 31.8 Å². The highest BCUT2D eigenvalue weighted by Crippen LogP contribution is 2.34. The largest absolute Gasteiger partial charge is 0.396 e. The number of ether oxygens (including phenoxy) is 1. The number of amides is 1. The second kappa shape index (κ2) is 9.38. The Morgan fingerprint density at radius 1 is 1.21 bits per heavy atom. The van der Waals surface area contributed by atoms with Crippen LogP contribution in [-0.2, 0) is 4.74 Å². The molecule has 11 heteroatoms. The van der Waals surface area contributed by atoms with Crippen LogP contribution in [0.2, 0.25) is 0 Å². The first-order valence-corrected chi connectivity index (χ1v) is 11.8. The molecule has 3 aromatic rings. The van der Waals surface area contributed by atoms with Crippen LogP contribution in [0.4, 0.5) is 8.78 Å². The monoisotopic (exact) mass is 475 g/mol. The van der Waals surface area contributed by atoms with Gasteiger partial charge in [-0.25, -0.2) is 8.78 Å². The standard InChI is InChI=1S/C23H28F2N6O3/c24-21(25)20-19(12-29(28-20)16-3-1-14(13-32)2-4-16)31-11-17(22(26)33)23-27-18(5-8-30(23)31)15-6-9-34-10-7-15/h5,8,11-12,14-16,21,32H,1-4,6-7,9-10,13H2,(H-,26,33)/p+1/t14-,16-. The molecule has 2 fully saturated rings. The number of aliphatic hydroxyl groups is 1. The third-order valence-corrected chi connectivity index (χ3v) is 7.11. The molecule has 182 valence electrons. The molecule has 0 atom stereocenters. The fourth-order valence-electron chi connectivity index (χ4n) is 5.12. The summed E-state index contributed by atoms with van der Waals surface area (Å²) in [4.78, 5) is 16.9. The fraction of sp³-hybridized carbons (Fsp3) is 0.565. The van der Waals surface area contributed by atoms with Crippen molar-refractivity contribution in [3.05, 3.63) is 41.6 Å². The van der Waals surface area contributed by atoms with Gasteiger partial charge in [0.15, 0.2) is 17.0 Å². The van der Waals surface area contributed by atoms with Crippen molar-refractivity contribution in [2.75, 3.05) is 19.8 Å². The molecule has 0 unspecified atom stereocenters. The number of fused-ring (bicyclic) bond motifs is 1. The molecule has 1 saturated heterocycles. The SMILES string of the molecule is NC(=O)c1cn(-c2cn([C@H]3CC[C@H](CO)CC3)nc2C(F)F)[n+]2ccc(C3CCOCC3)nc12. The van der Waals surface area contributed by atoms with Gasteiger partial charge < -0.3 is 15.6 Å². The van der Waals surface area contributed by atoms with Crippen LogP contribution in [0.1, 0.15) is 78.7 Å². The minimum Gasteiger partial charge on any atom is -0.396 e. The maximum absolute atomic E-state index is 14.0. The van der Waals surface area contributed by atoms with E-state index in [0.717, 1.165) is 44.2 Å². The molecule has 0 radical (unpaired) electrons. The number of aliphatic hydroxyl groups excluding tert-OH is 1. The molecule has 9 nitrogen and oxygen atoms in total. The summed E-state index contributed by atoms with van der Waals surface area (Å²) in [7, 11) is 0. The number of nitrogens with zero attached hydrogens (tertiary/aromatic N) is 5. The average Bonchev–Trinajstić information content (AvgIpc) is 3.46. The van der Waals surface area contributed by atoms with E-state index in [0.29, 0.717) is 18.9 Å². The Morgan fingerprint density at radius 3 is 2.59 bits per heavy atom. The Labute approximate surface area is 195 Å². The Balaban J connectivity index is 1.56. The van der Waals surface area contributed by atoms with E-state index in [2.05, 4.69) is 5.10 Å². The van der Waals surface area contributed by atoms with Crippen molar-refractivity contribution in [2.45, 2.75) is 56.9 Å². The van der Waals surface area contributed by atoms with Crippen molar-refractivity contribution in [1.82, 2.24) is 19.4 Å². The number of carbonyl (C=O) groups is 1. The number of rotatable bonds is 6. The molecule has 0 spiro atoms.